The van der Waals surface area contributed by atoms with E-state index >= 15 is 0 Å². The summed E-state index contributed by atoms with van der Waals surface area (Å²) in [5.74, 6) is -1.40. The van der Waals surface area contributed by atoms with Gasteiger partial charge in [-0.2, -0.15) is 0 Å². The summed E-state index contributed by atoms with van der Waals surface area (Å²) in [6, 6.07) is 0. The molecule has 0 aromatic heterocycles. The molecule has 1 rings (SSSR count). The monoisotopic (exact) mass is 170 g/mol. The number of allylic oxidation sites excluding steroid dienone is 2. The molecule has 0 amide bonds. The standard InChI is InChI=1S/C8H10O4/c1-4-3-12-7(8(10)11)6(9)5(4)2/h3,7,9H,1-2H3,(H,10,11). The molecule has 0 radical (unpaired) electrons. The molecule has 1 atom stereocenters. The fraction of sp³-hybridized carbons (Fsp3) is 0.375. The van der Waals surface area contributed by atoms with Gasteiger partial charge in [0.2, 0.25) is 0 Å². The van der Waals surface area contributed by atoms with Crippen LogP contribution in [0.25, 0.3) is 0 Å². The van der Waals surface area contributed by atoms with Crippen LogP contribution in [0.4, 0.5) is 0 Å². The summed E-state index contributed by atoms with van der Waals surface area (Å²) in [6.07, 6.45) is 0.0992. The van der Waals surface area contributed by atoms with Crippen LogP contribution in [0.1, 0.15) is 13.8 Å². The molecular formula is C8H10O4. The molecule has 0 aliphatic carbocycles. The predicted molar refractivity (Wildman–Crippen MR) is 41.6 cm³/mol. The predicted octanol–water partition coefficient (Wildman–Crippen LogP) is 1.21. The average molecular weight is 170 g/mol. The van der Waals surface area contributed by atoms with Gasteiger partial charge in [0.1, 0.15) is 5.76 Å². The minimum Gasteiger partial charge on any atom is -0.507 e. The Bertz CT molecular complexity index is 275. The molecule has 0 saturated carbocycles. The van der Waals surface area contributed by atoms with Gasteiger partial charge in [0, 0.05) is 0 Å². The molecule has 1 aliphatic heterocycles. The van der Waals surface area contributed by atoms with Crippen molar-refractivity contribution in [3.05, 3.63) is 23.2 Å². The van der Waals surface area contributed by atoms with Gasteiger partial charge in [0.05, 0.1) is 6.26 Å². The molecule has 0 spiro atoms. The Morgan fingerprint density at radius 1 is 1.58 bits per heavy atom. The van der Waals surface area contributed by atoms with E-state index in [1.165, 1.54) is 6.26 Å². The maximum Gasteiger partial charge on any atom is 0.352 e. The minimum absolute atomic E-state index is 0.220. The van der Waals surface area contributed by atoms with Gasteiger partial charge in [-0.15, -0.1) is 0 Å². The van der Waals surface area contributed by atoms with Gasteiger partial charge in [-0.1, -0.05) is 0 Å². The van der Waals surface area contributed by atoms with Crippen LogP contribution in [-0.2, 0) is 9.53 Å². The first-order chi connectivity index (χ1) is 5.54. The van der Waals surface area contributed by atoms with Crippen molar-refractivity contribution in [2.45, 2.75) is 20.0 Å². The van der Waals surface area contributed by atoms with Gasteiger partial charge in [-0.05, 0) is 25.0 Å². The lowest BCUT2D eigenvalue weighted by atomic mass is 10.1. The smallest absolute Gasteiger partial charge is 0.352 e. The highest BCUT2D eigenvalue weighted by atomic mass is 16.5. The van der Waals surface area contributed by atoms with Crippen LogP contribution in [-0.4, -0.2) is 22.3 Å². The number of aliphatic hydroxyl groups is 1. The van der Waals surface area contributed by atoms with Gasteiger partial charge < -0.3 is 14.9 Å². The summed E-state index contributed by atoms with van der Waals surface area (Å²) < 4.78 is 4.76. The van der Waals surface area contributed by atoms with Crippen molar-refractivity contribution >= 4 is 5.97 Å². The van der Waals surface area contributed by atoms with E-state index in [-0.39, 0.29) is 5.76 Å². The molecule has 66 valence electrons. The van der Waals surface area contributed by atoms with Gasteiger partial charge in [0.15, 0.2) is 0 Å². The van der Waals surface area contributed by atoms with E-state index in [0.29, 0.717) is 5.57 Å². The molecule has 4 heteroatoms. The van der Waals surface area contributed by atoms with Crippen LogP contribution in [0, 0.1) is 0 Å². The third-order valence-electron chi connectivity index (χ3n) is 1.83. The first-order valence-electron chi connectivity index (χ1n) is 3.49. The van der Waals surface area contributed by atoms with E-state index in [4.69, 9.17) is 9.84 Å². The van der Waals surface area contributed by atoms with Gasteiger partial charge in [-0.25, -0.2) is 4.79 Å². The second-order valence-corrected chi connectivity index (χ2v) is 2.67. The zero-order valence-electron chi connectivity index (χ0n) is 6.87. The Labute approximate surface area is 69.8 Å². The highest BCUT2D eigenvalue weighted by Crippen LogP contribution is 2.22. The Kier molecular flexibility index (Phi) is 2.08. The number of carboxylic acid groups (broad SMARTS) is 1. The largest absolute Gasteiger partial charge is 0.507 e. The fourth-order valence-electron chi connectivity index (χ4n) is 0.897. The van der Waals surface area contributed by atoms with E-state index < -0.39 is 12.1 Å². The van der Waals surface area contributed by atoms with Crippen molar-refractivity contribution in [1.29, 1.82) is 0 Å². The Hall–Kier alpha value is -1.45. The number of carboxylic acids is 1. The lowest BCUT2D eigenvalue weighted by Crippen LogP contribution is -2.27. The molecule has 12 heavy (non-hydrogen) atoms. The lowest BCUT2D eigenvalue weighted by Gasteiger charge is -2.19. The van der Waals surface area contributed by atoms with Crippen molar-refractivity contribution in [3.63, 3.8) is 0 Å². The van der Waals surface area contributed by atoms with Crippen LogP contribution < -0.4 is 0 Å². The van der Waals surface area contributed by atoms with E-state index in [1.807, 2.05) is 0 Å². The first-order valence-corrected chi connectivity index (χ1v) is 3.49. The molecular weight excluding hydrogens is 160 g/mol. The average Bonchev–Trinajstić information content (AvgIpc) is 2.00. The maximum absolute atomic E-state index is 10.5. The van der Waals surface area contributed by atoms with Crippen LogP contribution >= 0.6 is 0 Å². The fourth-order valence-corrected chi connectivity index (χ4v) is 0.897. The van der Waals surface area contributed by atoms with Crippen molar-refractivity contribution in [1.82, 2.24) is 0 Å². The molecule has 0 fully saturated rings. The molecule has 1 heterocycles. The second-order valence-electron chi connectivity index (χ2n) is 2.67. The summed E-state index contributed by atoms with van der Waals surface area (Å²) in [5.41, 5.74) is 1.30. The normalized spacial score (nSPS) is 23.2. The molecule has 2 N–H and O–H groups in total. The number of ether oxygens (including phenoxy) is 1. The molecule has 0 aromatic rings. The lowest BCUT2D eigenvalue weighted by molar-refractivity contribution is -0.146. The zero-order valence-corrected chi connectivity index (χ0v) is 6.87. The van der Waals surface area contributed by atoms with Gasteiger partial charge >= 0.3 is 5.97 Å². The summed E-state index contributed by atoms with van der Waals surface area (Å²) in [4.78, 5) is 10.5. The summed E-state index contributed by atoms with van der Waals surface area (Å²) >= 11 is 0. The molecule has 0 bridgehead atoms. The summed E-state index contributed by atoms with van der Waals surface area (Å²) in [6.45, 7) is 3.39. The van der Waals surface area contributed by atoms with Crippen LogP contribution in [0.3, 0.4) is 0 Å². The SMILES string of the molecule is CC1=COC(C(=O)O)C(O)=C1C. The minimum atomic E-state index is -1.24. The molecule has 4 nitrogen and oxygen atoms in total. The van der Waals surface area contributed by atoms with Crippen LogP contribution in [0.15, 0.2) is 23.2 Å². The van der Waals surface area contributed by atoms with Gasteiger partial charge in [-0.3, -0.25) is 0 Å². The number of carbonyl (C=O) groups is 1. The maximum atomic E-state index is 10.5. The number of hydrogen-bond acceptors (Lipinski definition) is 3. The van der Waals surface area contributed by atoms with Gasteiger partial charge in [0.25, 0.3) is 6.10 Å². The molecule has 1 unspecified atom stereocenters. The number of aliphatic carboxylic acids is 1. The molecule has 0 aromatic carbocycles. The first kappa shape index (κ1) is 8.64. The number of aliphatic hydroxyl groups excluding tert-OH is 1. The second kappa shape index (κ2) is 2.89. The third-order valence-corrected chi connectivity index (χ3v) is 1.83. The highest BCUT2D eigenvalue weighted by molar-refractivity contribution is 5.76. The highest BCUT2D eigenvalue weighted by Gasteiger charge is 2.28. The topological polar surface area (TPSA) is 66.8 Å². The number of rotatable bonds is 1. The molecule has 1 aliphatic rings. The van der Waals surface area contributed by atoms with E-state index in [9.17, 15) is 9.90 Å². The van der Waals surface area contributed by atoms with E-state index in [0.717, 1.165) is 5.57 Å². The number of hydrogen-bond donors (Lipinski definition) is 2. The molecule has 0 saturated heterocycles. The quantitative estimate of drug-likeness (QED) is 0.620. The Morgan fingerprint density at radius 3 is 2.67 bits per heavy atom. The third kappa shape index (κ3) is 1.28. The van der Waals surface area contributed by atoms with Crippen molar-refractivity contribution in [2.24, 2.45) is 0 Å². The Morgan fingerprint density at radius 2 is 2.17 bits per heavy atom. The van der Waals surface area contributed by atoms with Crippen molar-refractivity contribution < 1.29 is 19.7 Å². The van der Waals surface area contributed by atoms with E-state index in [2.05, 4.69) is 0 Å². The Balaban J connectivity index is 2.98. The summed E-state index contributed by atoms with van der Waals surface area (Å²) in [5, 5.41) is 17.9. The van der Waals surface area contributed by atoms with Crippen LogP contribution in [0.2, 0.25) is 0 Å². The van der Waals surface area contributed by atoms with Crippen molar-refractivity contribution in [2.75, 3.05) is 0 Å². The van der Waals surface area contributed by atoms with Crippen LogP contribution in [0.5, 0.6) is 0 Å². The zero-order chi connectivity index (χ0) is 9.30. The van der Waals surface area contributed by atoms with E-state index in [1.54, 1.807) is 13.8 Å². The summed E-state index contributed by atoms with van der Waals surface area (Å²) in [7, 11) is 0. The van der Waals surface area contributed by atoms with Crippen molar-refractivity contribution in [3.8, 4) is 0 Å².